The highest BCUT2D eigenvalue weighted by Gasteiger charge is 1.95. The average Bonchev–Trinajstić information content (AvgIpc) is 2.40. The Kier molecular flexibility index (Phi) is 10.8. The maximum atomic E-state index is 8.45. The summed E-state index contributed by atoms with van der Waals surface area (Å²) in [6, 6.07) is 3.88. The van der Waals surface area contributed by atoms with Crippen molar-refractivity contribution in [3.05, 3.63) is 24.3 Å². The third-order valence-electron chi connectivity index (χ3n) is 2.20. The highest BCUT2D eigenvalue weighted by Crippen LogP contribution is 2.02. The molecule has 4 heteroatoms. The molecule has 0 aromatic rings. The number of unbranched alkanes of at least 4 members (excludes halogenated alkanes) is 3. The summed E-state index contributed by atoms with van der Waals surface area (Å²) in [5.74, 6) is 0. The van der Waals surface area contributed by atoms with Crippen molar-refractivity contribution in [2.75, 3.05) is 26.4 Å². The lowest BCUT2D eigenvalue weighted by Crippen LogP contribution is -2.00. The first-order valence-electron chi connectivity index (χ1n) is 6.02. The molecule has 0 aromatic heterocycles. The van der Waals surface area contributed by atoms with Crippen molar-refractivity contribution < 1.29 is 9.47 Å². The lowest BCUT2D eigenvalue weighted by molar-refractivity contribution is 0.144. The van der Waals surface area contributed by atoms with Gasteiger partial charge in [-0.1, -0.05) is 26.0 Å². The van der Waals surface area contributed by atoms with Gasteiger partial charge in [-0.05, 0) is 12.8 Å². The Morgan fingerprint density at radius 3 is 1.50 bits per heavy atom. The zero-order valence-electron chi connectivity index (χ0n) is 10.8. The molecule has 0 bridgehead atoms. The second kappa shape index (κ2) is 11.9. The first kappa shape index (κ1) is 16.4. The van der Waals surface area contributed by atoms with Crippen LogP contribution in [-0.2, 0) is 9.47 Å². The molecule has 98 valence electrons. The van der Waals surface area contributed by atoms with Gasteiger partial charge in [-0.15, -0.1) is 0 Å². The predicted octanol–water partition coefficient (Wildman–Crippen LogP) is 2.74. The fraction of sp³-hybridized carbons (Fsp3) is 0.571. The van der Waals surface area contributed by atoms with Gasteiger partial charge >= 0.3 is 0 Å². The molecule has 4 nitrogen and oxygen atoms in total. The van der Waals surface area contributed by atoms with Crippen LogP contribution < -0.4 is 0 Å². The van der Waals surface area contributed by atoms with E-state index in [9.17, 15) is 0 Å². The van der Waals surface area contributed by atoms with Gasteiger partial charge in [-0.3, -0.25) is 0 Å². The van der Waals surface area contributed by atoms with Crippen molar-refractivity contribution in [1.29, 1.82) is 10.5 Å². The molecule has 0 aromatic carbocycles. The van der Waals surface area contributed by atoms with E-state index in [1.54, 1.807) is 0 Å². The van der Waals surface area contributed by atoms with E-state index in [0.717, 1.165) is 25.7 Å². The Hall–Kier alpha value is -1.62. The van der Waals surface area contributed by atoms with E-state index >= 15 is 0 Å². The third-order valence-corrected chi connectivity index (χ3v) is 2.20. The molecule has 0 aliphatic rings. The number of nitriles is 2. The van der Waals surface area contributed by atoms with Crippen LogP contribution >= 0.6 is 0 Å². The zero-order chi connectivity index (χ0) is 13.6. The summed E-state index contributed by atoms with van der Waals surface area (Å²) in [4.78, 5) is 0. The smallest absolute Gasteiger partial charge is 0.0965 e. The van der Waals surface area contributed by atoms with Crippen molar-refractivity contribution in [2.45, 2.75) is 25.7 Å². The van der Waals surface area contributed by atoms with Crippen LogP contribution in [0.25, 0.3) is 0 Å². The van der Waals surface area contributed by atoms with E-state index in [1.165, 1.54) is 0 Å². The fourth-order valence-electron chi connectivity index (χ4n) is 1.22. The van der Waals surface area contributed by atoms with Crippen molar-refractivity contribution in [2.24, 2.45) is 0 Å². The normalized spacial score (nSPS) is 9.44. The number of rotatable bonds is 11. The SMILES string of the molecule is C=C(C#N)COCCCCCCOCC(=C)C#N. The van der Waals surface area contributed by atoms with Gasteiger partial charge in [0.1, 0.15) is 0 Å². The minimum absolute atomic E-state index is 0.329. The lowest BCUT2D eigenvalue weighted by atomic mass is 10.2. The van der Waals surface area contributed by atoms with Gasteiger partial charge in [0.05, 0.1) is 25.4 Å². The number of nitrogens with zero attached hydrogens (tertiary/aromatic N) is 2. The molecule has 0 aliphatic heterocycles. The summed E-state index contributed by atoms with van der Waals surface area (Å²) in [5, 5.41) is 16.9. The first-order chi connectivity index (χ1) is 8.70. The van der Waals surface area contributed by atoms with Crippen LogP contribution in [0.15, 0.2) is 24.3 Å². The maximum absolute atomic E-state index is 8.45. The van der Waals surface area contributed by atoms with Crippen LogP contribution in [0.1, 0.15) is 25.7 Å². The standard InChI is InChI=1S/C14H20N2O2/c1-13(9-15)11-17-7-5-3-4-6-8-18-12-14(2)10-16/h1-8,11-12H2. The van der Waals surface area contributed by atoms with Gasteiger partial charge in [0.2, 0.25) is 0 Å². The molecule has 0 heterocycles. The minimum atomic E-state index is 0.329. The average molecular weight is 248 g/mol. The van der Waals surface area contributed by atoms with Crippen molar-refractivity contribution in [3.8, 4) is 12.1 Å². The van der Waals surface area contributed by atoms with E-state index in [0.29, 0.717) is 37.6 Å². The van der Waals surface area contributed by atoms with E-state index in [2.05, 4.69) is 13.2 Å². The molecular formula is C14H20N2O2. The molecule has 18 heavy (non-hydrogen) atoms. The number of hydrogen-bond donors (Lipinski definition) is 0. The summed E-state index contributed by atoms with van der Waals surface area (Å²) >= 11 is 0. The Bertz CT molecular complexity index is 303. The summed E-state index contributed by atoms with van der Waals surface area (Å²) < 4.78 is 10.5. The van der Waals surface area contributed by atoms with Crippen molar-refractivity contribution in [3.63, 3.8) is 0 Å². The van der Waals surface area contributed by atoms with Crippen LogP contribution in [0, 0.1) is 22.7 Å². The molecule has 0 spiro atoms. The van der Waals surface area contributed by atoms with E-state index in [4.69, 9.17) is 20.0 Å². The topological polar surface area (TPSA) is 66.0 Å². The Morgan fingerprint density at radius 2 is 1.17 bits per heavy atom. The molecule has 0 atom stereocenters. The van der Waals surface area contributed by atoms with Gasteiger partial charge in [-0.25, -0.2) is 0 Å². The Labute approximate surface area is 109 Å². The van der Waals surface area contributed by atoms with Crippen LogP contribution in [-0.4, -0.2) is 26.4 Å². The molecule has 0 saturated heterocycles. The Balaban J connectivity index is 3.13. The van der Waals surface area contributed by atoms with Gasteiger partial charge in [0.25, 0.3) is 0 Å². The fourth-order valence-corrected chi connectivity index (χ4v) is 1.22. The summed E-state index contributed by atoms with van der Waals surface area (Å²) in [6.45, 7) is 9.04. The van der Waals surface area contributed by atoms with Gasteiger partial charge in [-0.2, -0.15) is 10.5 Å². The highest BCUT2D eigenvalue weighted by molar-refractivity contribution is 5.16. The highest BCUT2D eigenvalue weighted by atomic mass is 16.5. The molecule has 0 fully saturated rings. The second-order valence-corrected chi connectivity index (χ2v) is 3.95. The quantitative estimate of drug-likeness (QED) is 0.416. The predicted molar refractivity (Wildman–Crippen MR) is 69.6 cm³/mol. The third kappa shape index (κ3) is 10.9. The summed E-state index contributed by atoms with van der Waals surface area (Å²) in [6.07, 6.45) is 4.09. The molecule has 0 amide bonds. The van der Waals surface area contributed by atoms with Gasteiger partial charge < -0.3 is 9.47 Å². The number of ether oxygens (including phenoxy) is 2. The van der Waals surface area contributed by atoms with Crippen LogP contribution in [0.2, 0.25) is 0 Å². The van der Waals surface area contributed by atoms with E-state index in [-0.39, 0.29) is 0 Å². The van der Waals surface area contributed by atoms with Gasteiger partial charge in [0, 0.05) is 24.4 Å². The Morgan fingerprint density at radius 1 is 0.778 bits per heavy atom. The molecular weight excluding hydrogens is 228 g/mol. The van der Waals surface area contributed by atoms with Crippen LogP contribution in [0.3, 0.4) is 0 Å². The largest absolute Gasteiger partial charge is 0.376 e. The molecule has 0 N–H and O–H groups in total. The minimum Gasteiger partial charge on any atom is -0.376 e. The summed E-state index contributed by atoms with van der Waals surface area (Å²) in [5.41, 5.74) is 0.919. The zero-order valence-corrected chi connectivity index (χ0v) is 10.8. The van der Waals surface area contributed by atoms with Gasteiger partial charge in [0.15, 0.2) is 0 Å². The first-order valence-corrected chi connectivity index (χ1v) is 6.02. The monoisotopic (exact) mass is 248 g/mol. The number of hydrogen-bond acceptors (Lipinski definition) is 4. The molecule has 0 unspecified atom stereocenters. The van der Waals surface area contributed by atoms with E-state index < -0.39 is 0 Å². The van der Waals surface area contributed by atoms with Crippen LogP contribution in [0.4, 0.5) is 0 Å². The van der Waals surface area contributed by atoms with Crippen LogP contribution in [0.5, 0.6) is 0 Å². The van der Waals surface area contributed by atoms with Crippen molar-refractivity contribution >= 4 is 0 Å². The van der Waals surface area contributed by atoms with E-state index in [1.807, 2.05) is 12.1 Å². The molecule has 0 rings (SSSR count). The lowest BCUT2D eigenvalue weighted by Gasteiger charge is -2.04. The molecule has 0 aliphatic carbocycles. The van der Waals surface area contributed by atoms with Crippen molar-refractivity contribution in [1.82, 2.24) is 0 Å². The second-order valence-electron chi connectivity index (χ2n) is 3.95. The maximum Gasteiger partial charge on any atom is 0.0965 e. The summed E-state index contributed by atoms with van der Waals surface area (Å²) in [7, 11) is 0. The molecule has 0 saturated carbocycles. The molecule has 0 radical (unpaired) electrons.